The molecule has 0 saturated carbocycles. The van der Waals surface area contributed by atoms with Gasteiger partial charge in [0.05, 0.1) is 0 Å². The number of anilines is 1. The number of hydrogen-bond donors (Lipinski definition) is 3. The Bertz CT molecular complexity index is 505. The minimum atomic E-state index is 0.0435. The molecular formula is C15H18N2OS. The Labute approximate surface area is 119 Å². The lowest BCUT2D eigenvalue weighted by atomic mass is 10.2. The number of ether oxygens (including phenoxy) is 1. The van der Waals surface area contributed by atoms with Crippen molar-refractivity contribution in [2.75, 3.05) is 17.6 Å². The molecule has 100 valence electrons. The van der Waals surface area contributed by atoms with E-state index in [9.17, 15) is 0 Å². The standard InChI is InChI=1S/C15H18N2OS/c16-12(11-19)10-17-13-5-4-8-15(9-13)18-14-6-2-1-3-7-14/h1-9,12,17,19H,10-11,16H2/t12-/m1/s1. The summed E-state index contributed by atoms with van der Waals surface area (Å²) in [7, 11) is 0. The summed E-state index contributed by atoms with van der Waals surface area (Å²) < 4.78 is 5.77. The van der Waals surface area contributed by atoms with Crippen LogP contribution in [0.4, 0.5) is 5.69 Å². The van der Waals surface area contributed by atoms with E-state index in [2.05, 4.69) is 17.9 Å². The molecule has 0 amide bonds. The molecule has 0 heterocycles. The fraction of sp³-hybridized carbons (Fsp3) is 0.200. The third-order valence-electron chi connectivity index (χ3n) is 2.62. The lowest BCUT2D eigenvalue weighted by Gasteiger charge is -2.12. The van der Waals surface area contributed by atoms with Crippen molar-refractivity contribution in [3.05, 3.63) is 54.6 Å². The van der Waals surface area contributed by atoms with Gasteiger partial charge in [-0.2, -0.15) is 12.6 Å². The van der Waals surface area contributed by atoms with Gasteiger partial charge in [0.2, 0.25) is 0 Å². The van der Waals surface area contributed by atoms with Crippen LogP contribution in [0, 0.1) is 0 Å². The number of nitrogens with two attached hydrogens (primary N) is 1. The van der Waals surface area contributed by atoms with Crippen molar-refractivity contribution in [1.82, 2.24) is 0 Å². The third-order valence-corrected chi connectivity index (χ3v) is 3.08. The van der Waals surface area contributed by atoms with E-state index < -0.39 is 0 Å². The van der Waals surface area contributed by atoms with Gasteiger partial charge < -0.3 is 15.8 Å². The molecule has 3 nitrogen and oxygen atoms in total. The lowest BCUT2D eigenvalue weighted by Crippen LogP contribution is -2.30. The van der Waals surface area contributed by atoms with Gasteiger partial charge in [-0.3, -0.25) is 0 Å². The Balaban J connectivity index is 1.99. The fourth-order valence-electron chi connectivity index (χ4n) is 1.61. The van der Waals surface area contributed by atoms with Gasteiger partial charge >= 0.3 is 0 Å². The van der Waals surface area contributed by atoms with E-state index in [0.29, 0.717) is 12.3 Å². The maximum atomic E-state index is 5.81. The van der Waals surface area contributed by atoms with E-state index in [0.717, 1.165) is 17.2 Å². The molecular weight excluding hydrogens is 256 g/mol. The number of para-hydroxylation sites is 1. The quantitative estimate of drug-likeness (QED) is 0.709. The topological polar surface area (TPSA) is 47.3 Å². The first-order valence-electron chi connectivity index (χ1n) is 6.21. The molecule has 3 N–H and O–H groups in total. The van der Waals surface area contributed by atoms with Crippen molar-refractivity contribution in [3.63, 3.8) is 0 Å². The highest BCUT2D eigenvalue weighted by Crippen LogP contribution is 2.23. The van der Waals surface area contributed by atoms with Gasteiger partial charge in [-0.1, -0.05) is 24.3 Å². The molecule has 0 bridgehead atoms. The number of rotatable bonds is 6. The number of hydrogen-bond acceptors (Lipinski definition) is 4. The van der Waals surface area contributed by atoms with E-state index in [1.54, 1.807) is 0 Å². The van der Waals surface area contributed by atoms with Crippen LogP contribution in [-0.2, 0) is 0 Å². The van der Waals surface area contributed by atoms with Crippen molar-refractivity contribution in [3.8, 4) is 11.5 Å². The highest BCUT2D eigenvalue weighted by molar-refractivity contribution is 7.80. The van der Waals surface area contributed by atoms with Crippen LogP contribution in [0.15, 0.2) is 54.6 Å². The molecule has 0 aliphatic heterocycles. The first-order chi connectivity index (χ1) is 9.28. The maximum Gasteiger partial charge on any atom is 0.129 e. The molecule has 0 aromatic heterocycles. The monoisotopic (exact) mass is 274 g/mol. The zero-order valence-electron chi connectivity index (χ0n) is 10.6. The van der Waals surface area contributed by atoms with E-state index in [-0.39, 0.29) is 6.04 Å². The fourth-order valence-corrected chi connectivity index (χ4v) is 1.74. The summed E-state index contributed by atoms with van der Waals surface area (Å²) in [4.78, 5) is 0. The number of nitrogens with one attached hydrogen (secondary N) is 1. The molecule has 0 saturated heterocycles. The van der Waals surface area contributed by atoms with Gasteiger partial charge in [-0.15, -0.1) is 0 Å². The average molecular weight is 274 g/mol. The van der Waals surface area contributed by atoms with Gasteiger partial charge in [0.1, 0.15) is 11.5 Å². The van der Waals surface area contributed by atoms with Gasteiger partial charge in [0.25, 0.3) is 0 Å². The van der Waals surface area contributed by atoms with E-state index in [4.69, 9.17) is 10.5 Å². The van der Waals surface area contributed by atoms with E-state index in [1.807, 2.05) is 54.6 Å². The second-order valence-electron chi connectivity index (χ2n) is 4.27. The molecule has 2 rings (SSSR count). The molecule has 0 spiro atoms. The number of thiol groups is 1. The second-order valence-corrected chi connectivity index (χ2v) is 4.63. The summed E-state index contributed by atoms with van der Waals surface area (Å²) in [5.41, 5.74) is 6.80. The molecule has 0 unspecified atom stereocenters. The molecule has 0 radical (unpaired) electrons. The highest BCUT2D eigenvalue weighted by atomic mass is 32.1. The Morgan fingerprint density at radius 1 is 1.05 bits per heavy atom. The molecule has 0 fully saturated rings. The second kappa shape index (κ2) is 7.07. The van der Waals surface area contributed by atoms with Gasteiger partial charge in [-0.05, 0) is 24.3 Å². The molecule has 2 aromatic carbocycles. The van der Waals surface area contributed by atoms with Gasteiger partial charge in [0, 0.05) is 30.1 Å². The first kappa shape index (κ1) is 13.8. The zero-order valence-corrected chi connectivity index (χ0v) is 11.5. The summed E-state index contributed by atoms with van der Waals surface area (Å²) in [6.07, 6.45) is 0. The minimum Gasteiger partial charge on any atom is -0.457 e. The molecule has 0 aliphatic carbocycles. The zero-order chi connectivity index (χ0) is 13.5. The Morgan fingerprint density at radius 2 is 1.79 bits per heavy atom. The smallest absolute Gasteiger partial charge is 0.129 e. The van der Waals surface area contributed by atoms with Gasteiger partial charge in [-0.25, -0.2) is 0 Å². The van der Waals surface area contributed by atoms with Crippen LogP contribution in [0.3, 0.4) is 0 Å². The summed E-state index contributed by atoms with van der Waals surface area (Å²) in [6.45, 7) is 0.693. The Hall–Kier alpha value is -1.65. The highest BCUT2D eigenvalue weighted by Gasteiger charge is 2.01. The summed E-state index contributed by atoms with van der Waals surface area (Å²) in [5.74, 6) is 2.29. The van der Waals surface area contributed by atoms with Crippen molar-refractivity contribution in [2.24, 2.45) is 5.73 Å². The largest absolute Gasteiger partial charge is 0.457 e. The summed E-state index contributed by atoms with van der Waals surface area (Å²) >= 11 is 4.16. The normalized spacial score (nSPS) is 11.9. The predicted octanol–water partition coefficient (Wildman–Crippen LogP) is 3.15. The molecule has 0 aliphatic rings. The molecule has 19 heavy (non-hydrogen) atoms. The summed E-state index contributed by atoms with van der Waals surface area (Å²) in [6, 6.07) is 17.6. The van der Waals surface area contributed by atoms with Crippen molar-refractivity contribution >= 4 is 18.3 Å². The Morgan fingerprint density at radius 3 is 2.53 bits per heavy atom. The van der Waals surface area contributed by atoms with Crippen molar-refractivity contribution in [1.29, 1.82) is 0 Å². The van der Waals surface area contributed by atoms with Crippen LogP contribution < -0.4 is 15.8 Å². The van der Waals surface area contributed by atoms with Crippen LogP contribution in [0.25, 0.3) is 0 Å². The Kier molecular flexibility index (Phi) is 5.12. The first-order valence-corrected chi connectivity index (χ1v) is 6.84. The van der Waals surface area contributed by atoms with Crippen molar-refractivity contribution in [2.45, 2.75) is 6.04 Å². The van der Waals surface area contributed by atoms with Crippen LogP contribution in [0.2, 0.25) is 0 Å². The van der Waals surface area contributed by atoms with E-state index >= 15 is 0 Å². The van der Waals surface area contributed by atoms with E-state index in [1.165, 1.54) is 0 Å². The number of benzene rings is 2. The minimum absolute atomic E-state index is 0.0435. The molecule has 4 heteroatoms. The average Bonchev–Trinajstić information content (AvgIpc) is 2.46. The predicted molar refractivity (Wildman–Crippen MR) is 83.3 cm³/mol. The lowest BCUT2D eigenvalue weighted by molar-refractivity contribution is 0.483. The van der Waals surface area contributed by atoms with Crippen LogP contribution >= 0.6 is 12.6 Å². The van der Waals surface area contributed by atoms with Gasteiger partial charge in [0.15, 0.2) is 0 Å². The summed E-state index contributed by atoms with van der Waals surface area (Å²) in [5, 5.41) is 3.27. The third kappa shape index (κ3) is 4.50. The van der Waals surface area contributed by atoms with Crippen LogP contribution in [0.1, 0.15) is 0 Å². The van der Waals surface area contributed by atoms with Crippen LogP contribution in [0.5, 0.6) is 11.5 Å². The molecule has 1 atom stereocenters. The SMILES string of the molecule is N[C@@H](CS)CNc1cccc(Oc2ccccc2)c1. The maximum absolute atomic E-state index is 5.81. The molecule has 2 aromatic rings. The van der Waals surface area contributed by atoms with Crippen LogP contribution in [-0.4, -0.2) is 18.3 Å². The van der Waals surface area contributed by atoms with Crippen molar-refractivity contribution < 1.29 is 4.74 Å².